The summed E-state index contributed by atoms with van der Waals surface area (Å²) in [5.41, 5.74) is 3.94. The molecule has 0 saturated heterocycles. The van der Waals surface area contributed by atoms with Crippen molar-refractivity contribution in [1.82, 2.24) is 24.3 Å². The van der Waals surface area contributed by atoms with Crippen molar-refractivity contribution < 1.29 is 32.6 Å². The van der Waals surface area contributed by atoms with Gasteiger partial charge in [0.25, 0.3) is 5.91 Å². The van der Waals surface area contributed by atoms with Gasteiger partial charge in [0.2, 0.25) is 0 Å². The molecule has 2 N–H and O–H groups in total. The molecule has 0 saturated carbocycles. The van der Waals surface area contributed by atoms with Crippen LogP contribution in [0.2, 0.25) is 0 Å². The number of carboxylic acids is 1. The predicted octanol–water partition coefficient (Wildman–Crippen LogP) is 3.41. The van der Waals surface area contributed by atoms with Crippen LogP contribution in [0, 0.1) is 0 Å². The summed E-state index contributed by atoms with van der Waals surface area (Å²) in [5, 5.41) is 10.1. The fourth-order valence-corrected chi connectivity index (χ4v) is 3.11. The summed E-state index contributed by atoms with van der Waals surface area (Å²) in [7, 11) is 1.67. The second kappa shape index (κ2) is 11.3. The Morgan fingerprint density at radius 1 is 1.14 bits per heavy atom. The molecule has 0 radical (unpaired) electrons. The highest BCUT2D eigenvalue weighted by atomic mass is 19.4. The molecule has 0 spiro atoms. The Bertz CT molecular complexity index is 1290. The first-order chi connectivity index (χ1) is 16.7. The van der Waals surface area contributed by atoms with Crippen LogP contribution in [0.1, 0.15) is 16.1 Å². The topological polar surface area (TPSA) is 111 Å². The SMILES string of the molecule is COCCn1cnc(-c2cc(C(=O)NCc3ccccn3)c3ccccn23)c1.O=C(O)C(F)(F)F. The molecule has 35 heavy (non-hydrogen) atoms. The van der Waals surface area contributed by atoms with Gasteiger partial charge < -0.3 is 24.1 Å². The fourth-order valence-electron chi connectivity index (χ4n) is 3.11. The largest absolute Gasteiger partial charge is 0.490 e. The van der Waals surface area contributed by atoms with Crippen molar-refractivity contribution >= 4 is 17.4 Å². The number of carbonyl (C=O) groups excluding carboxylic acids is 1. The molecule has 4 aromatic heterocycles. The first-order valence-corrected chi connectivity index (χ1v) is 10.3. The van der Waals surface area contributed by atoms with Gasteiger partial charge in [-0.2, -0.15) is 13.2 Å². The van der Waals surface area contributed by atoms with Gasteiger partial charge >= 0.3 is 12.1 Å². The normalized spacial score (nSPS) is 11.1. The van der Waals surface area contributed by atoms with Gasteiger partial charge in [0, 0.05) is 32.2 Å². The number of amides is 1. The fraction of sp³-hybridized carbons (Fsp3) is 0.217. The van der Waals surface area contributed by atoms with Crippen LogP contribution in [0.4, 0.5) is 13.2 Å². The molecule has 0 bridgehead atoms. The molecule has 0 atom stereocenters. The summed E-state index contributed by atoms with van der Waals surface area (Å²) in [4.78, 5) is 30.5. The number of pyridine rings is 2. The third kappa shape index (κ3) is 6.67. The summed E-state index contributed by atoms with van der Waals surface area (Å²) in [6, 6.07) is 13.3. The maximum atomic E-state index is 12.8. The van der Waals surface area contributed by atoms with E-state index in [-0.39, 0.29) is 5.91 Å². The Kier molecular flexibility index (Phi) is 8.21. The molecule has 0 aliphatic heterocycles. The van der Waals surface area contributed by atoms with E-state index in [0.29, 0.717) is 18.7 Å². The lowest BCUT2D eigenvalue weighted by Gasteiger charge is -2.04. The summed E-state index contributed by atoms with van der Waals surface area (Å²) in [6.07, 6.45) is 2.31. The molecule has 184 valence electrons. The molecule has 0 aromatic carbocycles. The van der Waals surface area contributed by atoms with Gasteiger partial charge in [0.1, 0.15) is 5.69 Å². The Balaban J connectivity index is 0.000000429. The van der Waals surface area contributed by atoms with Crippen molar-refractivity contribution in [3.8, 4) is 11.4 Å². The van der Waals surface area contributed by atoms with Crippen molar-refractivity contribution in [2.45, 2.75) is 19.3 Å². The van der Waals surface area contributed by atoms with Crippen LogP contribution in [0.5, 0.6) is 0 Å². The molecule has 12 heteroatoms. The van der Waals surface area contributed by atoms with Crippen LogP contribution in [0.15, 0.2) is 67.4 Å². The molecule has 4 rings (SSSR count). The minimum atomic E-state index is -5.08. The van der Waals surface area contributed by atoms with Crippen LogP contribution >= 0.6 is 0 Å². The third-order valence-corrected chi connectivity index (χ3v) is 4.77. The summed E-state index contributed by atoms with van der Waals surface area (Å²) in [6.45, 7) is 1.72. The van der Waals surface area contributed by atoms with E-state index in [0.717, 1.165) is 29.1 Å². The molecule has 0 fully saturated rings. The number of nitrogens with one attached hydrogen (secondary N) is 1. The Hall–Kier alpha value is -4.19. The number of hydrogen-bond donors (Lipinski definition) is 2. The van der Waals surface area contributed by atoms with Gasteiger partial charge in [0.15, 0.2) is 0 Å². The minimum Gasteiger partial charge on any atom is -0.475 e. The highest BCUT2D eigenvalue weighted by Crippen LogP contribution is 2.25. The second-order valence-corrected chi connectivity index (χ2v) is 7.20. The smallest absolute Gasteiger partial charge is 0.475 e. The van der Waals surface area contributed by atoms with Crippen molar-refractivity contribution in [2.24, 2.45) is 0 Å². The van der Waals surface area contributed by atoms with Gasteiger partial charge in [0.05, 0.1) is 41.9 Å². The number of alkyl halides is 3. The lowest BCUT2D eigenvalue weighted by Crippen LogP contribution is -2.23. The van der Waals surface area contributed by atoms with Crippen LogP contribution in [-0.4, -0.2) is 55.8 Å². The first kappa shape index (κ1) is 25.4. The zero-order valence-corrected chi connectivity index (χ0v) is 18.6. The zero-order valence-electron chi connectivity index (χ0n) is 18.6. The zero-order chi connectivity index (χ0) is 25.4. The summed E-state index contributed by atoms with van der Waals surface area (Å²) >= 11 is 0. The molecular weight excluding hydrogens is 467 g/mol. The molecular formula is C23H22F3N5O4. The number of fused-ring (bicyclic) bond motifs is 1. The molecule has 0 aliphatic carbocycles. The average molecular weight is 489 g/mol. The maximum Gasteiger partial charge on any atom is 0.490 e. The standard InChI is InChI=1S/C21H21N5O2.C2HF3O2/c1-28-11-10-25-14-18(24-15-25)20-12-17(19-7-3-5-9-26(19)20)21(27)23-13-16-6-2-4-8-22-16;3-2(4,5)1(6)7/h2-9,12,14-15H,10-11,13H2,1H3,(H,23,27);(H,6,7). The minimum absolute atomic E-state index is 0.139. The lowest BCUT2D eigenvalue weighted by molar-refractivity contribution is -0.192. The predicted molar refractivity (Wildman–Crippen MR) is 120 cm³/mol. The van der Waals surface area contributed by atoms with E-state index in [1.54, 1.807) is 19.6 Å². The number of aliphatic carboxylic acids is 1. The summed E-state index contributed by atoms with van der Waals surface area (Å²) < 4.78 is 40.8. The van der Waals surface area contributed by atoms with Gasteiger partial charge in [-0.15, -0.1) is 0 Å². The highest BCUT2D eigenvalue weighted by molar-refractivity contribution is 6.02. The average Bonchev–Trinajstić information content (AvgIpc) is 3.46. The van der Waals surface area contributed by atoms with Crippen LogP contribution in [0.3, 0.4) is 0 Å². The number of hydrogen-bond acceptors (Lipinski definition) is 5. The molecule has 1 amide bonds. The first-order valence-electron chi connectivity index (χ1n) is 10.3. The van der Waals surface area contributed by atoms with E-state index in [2.05, 4.69) is 15.3 Å². The number of ether oxygens (including phenoxy) is 1. The molecule has 9 nitrogen and oxygen atoms in total. The monoisotopic (exact) mass is 489 g/mol. The number of carbonyl (C=O) groups is 2. The van der Waals surface area contributed by atoms with Crippen molar-refractivity contribution in [1.29, 1.82) is 0 Å². The van der Waals surface area contributed by atoms with Crippen molar-refractivity contribution in [2.75, 3.05) is 13.7 Å². The molecule has 4 aromatic rings. The van der Waals surface area contributed by atoms with Gasteiger partial charge in [-0.1, -0.05) is 12.1 Å². The van der Waals surface area contributed by atoms with Crippen molar-refractivity contribution in [3.63, 3.8) is 0 Å². The maximum absolute atomic E-state index is 12.8. The number of imidazole rings is 1. The van der Waals surface area contributed by atoms with Crippen LogP contribution < -0.4 is 5.32 Å². The lowest BCUT2D eigenvalue weighted by atomic mass is 10.2. The van der Waals surface area contributed by atoms with Crippen LogP contribution in [0.25, 0.3) is 16.9 Å². The number of methoxy groups -OCH3 is 1. The van der Waals surface area contributed by atoms with E-state index >= 15 is 0 Å². The molecule has 0 aliphatic rings. The van der Waals surface area contributed by atoms with Gasteiger partial charge in [-0.3, -0.25) is 9.78 Å². The van der Waals surface area contributed by atoms with E-state index in [9.17, 15) is 18.0 Å². The Morgan fingerprint density at radius 2 is 1.89 bits per heavy atom. The number of carboxylic acid groups (broad SMARTS) is 1. The van der Waals surface area contributed by atoms with Crippen LogP contribution in [-0.2, 0) is 22.6 Å². The van der Waals surface area contributed by atoms with Gasteiger partial charge in [-0.25, -0.2) is 9.78 Å². The van der Waals surface area contributed by atoms with E-state index in [4.69, 9.17) is 14.6 Å². The quantitative estimate of drug-likeness (QED) is 0.412. The molecule has 0 unspecified atom stereocenters. The number of aromatic nitrogens is 4. The second-order valence-electron chi connectivity index (χ2n) is 7.20. The Morgan fingerprint density at radius 3 is 2.54 bits per heavy atom. The van der Waals surface area contributed by atoms with E-state index in [1.807, 2.05) is 63.8 Å². The number of nitrogens with zero attached hydrogens (tertiary/aromatic N) is 4. The van der Waals surface area contributed by atoms with Crippen molar-refractivity contribution in [3.05, 3.63) is 78.6 Å². The number of halogens is 3. The Labute approximate surface area is 197 Å². The molecule has 4 heterocycles. The van der Waals surface area contributed by atoms with Gasteiger partial charge in [-0.05, 0) is 30.3 Å². The van der Waals surface area contributed by atoms with E-state index in [1.165, 1.54) is 0 Å². The van der Waals surface area contributed by atoms with E-state index < -0.39 is 12.1 Å². The third-order valence-electron chi connectivity index (χ3n) is 4.77. The summed E-state index contributed by atoms with van der Waals surface area (Å²) in [5.74, 6) is -2.90. The highest BCUT2D eigenvalue weighted by Gasteiger charge is 2.38. The number of rotatable bonds is 7.